The molecule has 2 N–H and O–H groups in total. The van der Waals surface area contributed by atoms with E-state index in [1.54, 1.807) is 5.41 Å². The molecule has 0 atom stereocenters. The molecule has 1 aliphatic carbocycles. The Morgan fingerprint density at radius 3 is 2.56 bits per heavy atom. The van der Waals surface area contributed by atoms with Crippen LogP contribution in [0.25, 0.3) is 0 Å². The van der Waals surface area contributed by atoms with Crippen molar-refractivity contribution in [2.24, 2.45) is 5.73 Å². The number of thiol groups is 1. The Bertz CT molecular complexity index is 341. The molecule has 0 saturated carbocycles. The van der Waals surface area contributed by atoms with Crippen LogP contribution in [0.15, 0.2) is 33.5 Å². The average Bonchev–Trinajstić information content (AvgIpc) is 2.30. The van der Waals surface area contributed by atoms with Crippen LogP contribution in [0.1, 0.15) is 26.7 Å². The second-order valence-electron chi connectivity index (χ2n) is 3.72. The summed E-state index contributed by atoms with van der Waals surface area (Å²) in [6.07, 6.45) is 3.91. The van der Waals surface area contributed by atoms with E-state index in [1.165, 1.54) is 5.70 Å². The molecule has 0 bridgehead atoms. The van der Waals surface area contributed by atoms with Gasteiger partial charge in [0.15, 0.2) is 0 Å². The van der Waals surface area contributed by atoms with Crippen molar-refractivity contribution in [1.29, 1.82) is 0 Å². The monoisotopic (exact) mass is 258 g/mol. The molecule has 1 aliphatic rings. The topological polar surface area (TPSA) is 29.3 Å². The SMILES string of the molecule is CCN(CC)C1=CC(Cl)=C(/C(N)=C/S)CC1. The highest BCUT2D eigenvalue weighted by Crippen LogP contribution is 2.31. The summed E-state index contributed by atoms with van der Waals surface area (Å²) in [5.41, 5.74) is 8.80. The Morgan fingerprint density at radius 2 is 2.12 bits per heavy atom. The summed E-state index contributed by atoms with van der Waals surface area (Å²) in [4.78, 5) is 2.32. The Hall–Kier alpha value is -0.540. The predicted octanol–water partition coefficient (Wildman–Crippen LogP) is 3.23. The van der Waals surface area contributed by atoms with Gasteiger partial charge >= 0.3 is 0 Å². The van der Waals surface area contributed by atoms with Crippen LogP contribution >= 0.6 is 24.2 Å². The van der Waals surface area contributed by atoms with Crippen LogP contribution in [-0.2, 0) is 0 Å². The molecule has 2 nitrogen and oxygen atoms in total. The van der Waals surface area contributed by atoms with Crippen LogP contribution in [0, 0.1) is 0 Å². The minimum Gasteiger partial charge on any atom is -0.398 e. The van der Waals surface area contributed by atoms with Crippen molar-refractivity contribution < 1.29 is 0 Å². The zero-order valence-corrected chi connectivity index (χ0v) is 11.5. The molecule has 0 aromatic heterocycles. The minimum absolute atomic E-state index is 0.670. The van der Waals surface area contributed by atoms with Gasteiger partial charge in [-0.1, -0.05) is 11.6 Å². The van der Waals surface area contributed by atoms with Crippen LogP contribution in [-0.4, -0.2) is 18.0 Å². The van der Waals surface area contributed by atoms with Crippen LogP contribution in [0.4, 0.5) is 0 Å². The second-order valence-corrected chi connectivity index (χ2v) is 4.38. The average molecular weight is 259 g/mol. The fourth-order valence-corrected chi connectivity index (χ4v) is 2.40. The summed E-state index contributed by atoms with van der Waals surface area (Å²) in [5, 5.41) is 2.35. The molecule has 0 amide bonds. The summed E-state index contributed by atoms with van der Waals surface area (Å²) in [5.74, 6) is 0. The fraction of sp³-hybridized carbons (Fsp3) is 0.500. The van der Waals surface area contributed by atoms with Gasteiger partial charge in [-0.2, -0.15) is 0 Å². The highest BCUT2D eigenvalue weighted by molar-refractivity contribution is 7.83. The first-order valence-electron chi connectivity index (χ1n) is 5.58. The summed E-state index contributed by atoms with van der Waals surface area (Å²) >= 11 is 10.3. The molecule has 0 saturated heterocycles. The fourth-order valence-electron chi connectivity index (χ4n) is 1.92. The van der Waals surface area contributed by atoms with Gasteiger partial charge in [-0.05, 0) is 43.7 Å². The van der Waals surface area contributed by atoms with E-state index in [1.807, 2.05) is 6.08 Å². The molecule has 16 heavy (non-hydrogen) atoms. The van der Waals surface area contributed by atoms with Gasteiger partial charge in [-0.25, -0.2) is 0 Å². The van der Waals surface area contributed by atoms with Gasteiger partial charge < -0.3 is 10.6 Å². The second kappa shape index (κ2) is 6.26. The van der Waals surface area contributed by atoms with E-state index >= 15 is 0 Å². The lowest BCUT2D eigenvalue weighted by Crippen LogP contribution is -2.24. The van der Waals surface area contributed by atoms with Crippen molar-refractivity contribution in [1.82, 2.24) is 4.90 Å². The minimum atomic E-state index is 0.670. The van der Waals surface area contributed by atoms with E-state index in [9.17, 15) is 0 Å². The van der Waals surface area contributed by atoms with Crippen molar-refractivity contribution in [2.75, 3.05) is 13.1 Å². The highest BCUT2D eigenvalue weighted by atomic mass is 35.5. The van der Waals surface area contributed by atoms with Crippen molar-refractivity contribution >= 4 is 24.2 Å². The van der Waals surface area contributed by atoms with E-state index in [0.717, 1.165) is 36.5 Å². The highest BCUT2D eigenvalue weighted by Gasteiger charge is 2.16. The Kier molecular flexibility index (Phi) is 5.29. The van der Waals surface area contributed by atoms with Crippen LogP contribution < -0.4 is 5.73 Å². The lowest BCUT2D eigenvalue weighted by Gasteiger charge is -2.27. The molecule has 0 fully saturated rings. The third kappa shape index (κ3) is 2.98. The third-order valence-corrected chi connectivity index (χ3v) is 3.49. The molecule has 0 aromatic rings. The van der Waals surface area contributed by atoms with Gasteiger partial charge in [0.25, 0.3) is 0 Å². The molecule has 1 rings (SSSR count). The summed E-state index contributed by atoms with van der Waals surface area (Å²) in [7, 11) is 0. The molecule has 90 valence electrons. The molecule has 0 spiro atoms. The molecule has 4 heteroatoms. The van der Waals surface area contributed by atoms with E-state index in [2.05, 4.69) is 31.4 Å². The normalized spacial score (nSPS) is 17.5. The van der Waals surface area contributed by atoms with Crippen LogP contribution in [0.2, 0.25) is 0 Å². The van der Waals surface area contributed by atoms with E-state index in [4.69, 9.17) is 17.3 Å². The maximum Gasteiger partial charge on any atom is 0.0476 e. The van der Waals surface area contributed by atoms with Crippen molar-refractivity contribution in [2.45, 2.75) is 26.7 Å². The van der Waals surface area contributed by atoms with Gasteiger partial charge in [-0.3, -0.25) is 0 Å². The van der Waals surface area contributed by atoms with E-state index in [0.29, 0.717) is 5.70 Å². The van der Waals surface area contributed by atoms with Crippen molar-refractivity contribution in [3.05, 3.63) is 33.5 Å². The van der Waals surface area contributed by atoms with Gasteiger partial charge in [0.05, 0.1) is 0 Å². The number of allylic oxidation sites excluding steroid dienone is 4. The Balaban J connectivity index is 2.94. The summed E-state index contributed by atoms with van der Waals surface area (Å²) in [6, 6.07) is 0. The van der Waals surface area contributed by atoms with Gasteiger partial charge in [0.1, 0.15) is 0 Å². The first-order valence-corrected chi connectivity index (χ1v) is 6.47. The molecule has 0 radical (unpaired) electrons. The molecule has 0 aliphatic heterocycles. The van der Waals surface area contributed by atoms with Gasteiger partial charge in [-0.15, -0.1) is 12.6 Å². The third-order valence-electron chi connectivity index (χ3n) is 2.87. The quantitative estimate of drug-likeness (QED) is 0.759. The summed E-state index contributed by atoms with van der Waals surface area (Å²) < 4.78 is 0. The molecular formula is C12H19ClN2S. The van der Waals surface area contributed by atoms with Crippen molar-refractivity contribution in [3.8, 4) is 0 Å². The first kappa shape index (κ1) is 13.5. The Labute approximate surface area is 108 Å². The molecule has 0 aromatic carbocycles. The smallest absolute Gasteiger partial charge is 0.0476 e. The lowest BCUT2D eigenvalue weighted by molar-refractivity contribution is 0.366. The number of halogens is 1. The first-order chi connectivity index (χ1) is 7.63. The molecule has 0 heterocycles. The maximum atomic E-state index is 6.23. The van der Waals surface area contributed by atoms with Gasteiger partial charge in [0, 0.05) is 29.5 Å². The molecular weight excluding hydrogens is 240 g/mol. The van der Waals surface area contributed by atoms with Crippen molar-refractivity contribution in [3.63, 3.8) is 0 Å². The lowest BCUT2D eigenvalue weighted by atomic mass is 9.99. The largest absolute Gasteiger partial charge is 0.398 e. The summed E-state index contributed by atoms with van der Waals surface area (Å²) in [6.45, 7) is 6.33. The van der Waals surface area contributed by atoms with Gasteiger partial charge in [0.2, 0.25) is 0 Å². The van der Waals surface area contributed by atoms with E-state index < -0.39 is 0 Å². The van der Waals surface area contributed by atoms with E-state index in [-0.39, 0.29) is 0 Å². The van der Waals surface area contributed by atoms with Crippen LogP contribution in [0.5, 0.6) is 0 Å². The Morgan fingerprint density at radius 1 is 1.50 bits per heavy atom. The number of hydrogen-bond acceptors (Lipinski definition) is 3. The number of nitrogens with zero attached hydrogens (tertiary/aromatic N) is 1. The van der Waals surface area contributed by atoms with Crippen LogP contribution in [0.3, 0.4) is 0 Å². The maximum absolute atomic E-state index is 6.23. The number of rotatable bonds is 4. The molecule has 0 unspecified atom stereocenters. The zero-order chi connectivity index (χ0) is 12.1. The standard InChI is InChI=1S/C12H19ClN2S/c1-3-15(4-2)9-5-6-10(11(13)7-9)12(14)8-16/h7-8,16H,3-6,14H2,1-2H3/b12-8-. The zero-order valence-electron chi connectivity index (χ0n) is 9.83. The number of nitrogens with two attached hydrogens (primary N) is 1. The number of hydrogen-bond donors (Lipinski definition) is 2. The predicted molar refractivity (Wildman–Crippen MR) is 74.4 cm³/mol.